The van der Waals surface area contributed by atoms with E-state index in [2.05, 4.69) is 20.7 Å². The third kappa shape index (κ3) is 39.9. The van der Waals surface area contributed by atoms with Gasteiger partial charge in [0, 0.05) is 43.1 Å². The van der Waals surface area contributed by atoms with Crippen molar-refractivity contribution in [1.29, 1.82) is 0 Å². The number of ether oxygens (including phenoxy) is 8. The van der Waals surface area contributed by atoms with Crippen molar-refractivity contribution in [1.82, 2.24) is 16.0 Å². The van der Waals surface area contributed by atoms with Crippen molar-refractivity contribution in [3.63, 3.8) is 0 Å². The van der Waals surface area contributed by atoms with Crippen LogP contribution in [-0.4, -0.2) is 212 Å². The van der Waals surface area contributed by atoms with E-state index in [1.807, 2.05) is 0 Å². The molecule has 4 atom stereocenters. The maximum atomic E-state index is 13.1. The molecule has 28 heteroatoms. The molecule has 0 heterocycles. The molecule has 70 heavy (non-hydrogen) atoms. The molecule has 0 rings (SSSR count). The van der Waals surface area contributed by atoms with Crippen LogP contribution in [0.3, 0.4) is 0 Å². The van der Waals surface area contributed by atoms with Gasteiger partial charge in [0.25, 0.3) is 0 Å². The lowest BCUT2D eigenvalue weighted by molar-refractivity contribution is -0.170. The normalized spacial score (nSPS) is 13.6. The minimum absolute atomic E-state index is 0.0848. The molecule has 0 aromatic rings. The van der Waals surface area contributed by atoms with Crippen LogP contribution in [-0.2, 0) is 57.1 Å². The predicted molar refractivity (Wildman–Crippen MR) is 263 cm³/mol. The molecule has 9 N–H and O–H groups in total. The zero-order valence-corrected chi connectivity index (χ0v) is 43.7. The van der Waals surface area contributed by atoms with Crippen molar-refractivity contribution in [2.75, 3.05) is 113 Å². The SMILES string of the molecule is CNC(=O)OCC(O)CCSCCC(=O)OCC(COC(=O)CCSCCC(O)COC(N)=O)(COC(=O)CCSCCC(O)COC(=O)NC)COC(=O)CCSCCC(O)COC(=O)NC(C)C. The zero-order valence-electron chi connectivity index (χ0n) is 40.4. The number of rotatable bonds is 41. The highest BCUT2D eigenvalue weighted by atomic mass is 32.2. The van der Waals surface area contributed by atoms with Crippen LogP contribution in [0.25, 0.3) is 0 Å². The van der Waals surface area contributed by atoms with Crippen LogP contribution >= 0.6 is 47.0 Å². The van der Waals surface area contributed by atoms with E-state index in [0.29, 0.717) is 23.0 Å². The first-order chi connectivity index (χ1) is 33.3. The Kier molecular flexibility index (Phi) is 39.5. The van der Waals surface area contributed by atoms with Crippen molar-refractivity contribution < 1.29 is 96.7 Å². The van der Waals surface area contributed by atoms with E-state index < -0.39 is 105 Å². The number of amides is 4. The van der Waals surface area contributed by atoms with Crippen LogP contribution in [0, 0.1) is 5.41 Å². The number of carbonyl (C=O) groups excluding carboxylic acids is 8. The minimum atomic E-state index is -1.57. The summed E-state index contributed by atoms with van der Waals surface area (Å²) in [6, 6.07) is -0.131. The van der Waals surface area contributed by atoms with Gasteiger partial charge >= 0.3 is 48.3 Å². The van der Waals surface area contributed by atoms with Gasteiger partial charge in [0.05, 0.1) is 50.1 Å². The first kappa shape index (κ1) is 66.2. The van der Waals surface area contributed by atoms with Crippen molar-refractivity contribution in [2.45, 2.75) is 95.7 Å². The first-order valence-corrected chi connectivity index (χ1v) is 27.1. The summed E-state index contributed by atoms with van der Waals surface area (Å²) in [7, 11) is 2.78. The number of carbonyl (C=O) groups is 8. The highest BCUT2D eigenvalue weighted by molar-refractivity contribution is 7.99. The number of thioether (sulfide) groups is 4. The number of alkyl carbamates (subject to hydrolysis) is 3. The number of hydrogen-bond acceptors (Lipinski definition) is 24. The molecule has 4 unspecified atom stereocenters. The second-order valence-corrected chi connectivity index (χ2v) is 20.5. The van der Waals surface area contributed by atoms with E-state index in [1.54, 1.807) is 13.8 Å². The average molecular weight is 1080 g/mol. The molecule has 0 aliphatic carbocycles. The molecule has 0 saturated carbocycles. The van der Waals surface area contributed by atoms with Crippen LogP contribution in [0.4, 0.5) is 19.2 Å². The predicted octanol–water partition coefficient (Wildman–Crippen LogP) is 1.58. The molecule has 0 aliphatic rings. The largest absolute Gasteiger partial charge is 0.465 e. The van der Waals surface area contributed by atoms with Gasteiger partial charge in [0.1, 0.15) is 58.3 Å². The van der Waals surface area contributed by atoms with Gasteiger partial charge in [-0.2, -0.15) is 47.0 Å². The van der Waals surface area contributed by atoms with Gasteiger partial charge < -0.3 is 80.0 Å². The minimum Gasteiger partial charge on any atom is -0.465 e. The number of aliphatic hydroxyl groups excluding tert-OH is 4. The molecule has 4 amide bonds. The van der Waals surface area contributed by atoms with Gasteiger partial charge in [-0.25, -0.2) is 19.2 Å². The summed E-state index contributed by atoms with van der Waals surface area (Å²) in [6.07, 6.45) is -6.02. The van der Waals surface area contributed by atoms with Gasteiger partial charge in [0.15, 0.2) is 0 Å². The van der Waals surface area contributed by atoms with Crippen LogP contribution < -0.4 is 21.7 Å². The lowest BCUT2D eigenvalue weighted by Crippen LogP contribution is -2.44. The highest BCUT2D eigenvalue weighted by Crippen LogP contribution is 2.24. The molecule has 406 valence electrons. The lowest BCUT2D eigenvalue weighted by Gasteiger charge is -2.31. The molecule has 0 fully saturated rings. The molecule has 0 bridgehead atoms. The highest BCUT2D eigenvalue weighted by Gasteiger charge is 2.38. The molecule has 24 nitrogen and oxygen atoms in total. The lowest BCUT2D eigenvalue weighted by atomic mass is 9.92. The maximum Gasteiger partial charge on any atom is 0.407 e. The Hall–Kier alpha value is -3.80. The van der Waals surface area contributed by atoms with E-state index in [1.165, 1.54) is 61.1 Å². The molecule has 0 aromatic carbocycles. The fourth-order valence-corrected chi connectivity index (χ4v) is 8.65. The zero-order chi connectivity index (χ0) is 52.6. The van der Waals surface area contributed by atoms with E-state index >= 15 is 0 Å². The third-order valence-electron chi connectivity index (χ3n) is 8.79. The van der Waals surface area contributed by atoms with Gasteiger partial charge in [-0.15, -0.1) is 0 Å². The second-order valence-electron chi connectivity index (χ2n) is 15.6. The Morgan fingerprint density at radius 1 is 0.443 bits per heavy atom. The summed E-state index contributed by atoms with van der Waals surface area (Å²) >= 11 is 5.32. The van der Waals surface area contributed by atoms with Crippen molar-refractivity contribution in [3.8, 4) is 0 Å². The van der Waals surface area contributed by atoms with Crippen LogP contribution in [0.15, 0.2) is 0 Å². The average Bonchev–Trinajstić information content (AvgIpc) is 3.32. The molecular formula is C42H74N4O20S4. The van der Waals surface area contributed by atoms with E-state index in [9.17, 15) is 58.8 Å². The molecule has 0 saturated heterocycles. The van der Waals surface area contributed by atoms with Crippen molar-refractivity contribution >= 4 is 95.3 Å². The Bertz CT molecular complexity index is 1470. The van der Waals surface area contributed by atoms with Crippen molar-refractivity contribution in [3.05, 3.63) is 0 Å². The Balaban J connectivity index is 5.78. The summed E-state index contributed by atoms with van der Waals surface area (Å²) < 4.78 is 41.7. The summed E-state index contributed by atoms with van der Waals surface area (Å²) in [6.45, 7) is 0.613. The van der Waals surface area contributed by atoms with Gasteiger partial charge in [-0.3, -0.25) is 19.2 Å². The topological polar surface area (TPSA) is 353 Å². The smallest absolute Gasteiger partial charge is 0.407 e. The van der Waals surface area contributed by atoms with Gasteiger partial charge in [0.2, 0.25) is 0 Å². The Morgan fingerprint density at radius 2 is 0.714 bits per heavy atom. The number of nitrogens with one attached hydrogen (secondary N) is 3. The number of primary amides is 1. The van der Waals surface area contributed by atoms with E-state index in [0.717, 1.165) is 0 Å². The summed E-state index contributed by atoms with van der Waals surface area (Å²) in [5, 5.41) is 47.3. The maximum absolute atomic E-state index is 13.1. The molecular weight excluding hydrogens is 1010 g/mol. The number of esters is 4. The monoisotopic (exact) mass is 1080 g/mol. The van der Waals surface area contributed by atoms with Crippen LogP contribution in [0.1, 0.15) is 65.2 Å². The van der Waals surface area contributed by atoms with Crippen LogP contribution in [0.2, 0.25) is 0 Å². The Morgan fingerprint density at radius 3 is 0.971 bits per heavy atom. The van der Waals surface area contributed by atoms with E-state index in [-0.39, 0.29) is 107 Å². The first-order valence-electron chi connectivity index (χ1n) is 22.5. The standard InChI is InChI=1S/C42H74N4O20S4/c1-29(2)46-41(58)62-24-33(50)8-16-70-20-12-37(54)66-28-42(25-63-34(51)9-17-67-13-5-30(47)21-59-38(43)55,26-64-35(52)10-18-68-14-6-31(48)22-60-39(56)44-3)27-65-36(53)11-19-69-15-7-32(49)23-61-40(57)45-4/h29-33,47-50H,5-28H2,1-4H3,(H2,43,55)(H,44,56)(H,45,57)(H,46,58). The number of nitrogens with two attached hydrogens (primary N) is 1. The second kappa shape index (κ2) is 41.8. The molecule has 0 aromatic heterocycles. The summed E-state index contributed by atoms with van der Waals surface area (Å²) in [5.74, 6) is 0.106. The van der Waals surface area contributed by atoms with Gasteiger partial charge in [-0.1, -0.05) is 0 Å². The summed E-state index contributed by atoms with van der Waals surface area (Å²) in [5.41, 5.74) is 3.35. The molecule has 0 aliphatic heterocycles. The van der Waals surface area contributed by atoms with Crippen molar-refractivity contribution in [2.24, 2.45) is 11.1 Å². The number of hydrogen-bond donors (Lipinski definition) is 8. The fraction of sp³-hybridized carbons (Fsp3) is 0.810. The van der Waals surface area contributed by atoms with Gasteiger partial charge in [-0.05, 0) is 62.5 Å². The summed E-state index contributed by atoms with van der Waals surface area (Å²) in [4.78, 5) is 97.1. The van der Waals surface area contributed by atoms with Crippen LogP contribution in [0.5, 0.6) is 0 Å². The number of aliphatic hydroxyl groups is 4. The molecule has 0 spiro atoms. The quantitative estimate of drug-likeness (QED) is 0.0245. The van der Waals surface area contributed by atoms with E-state index in [4.69, 9.17) is 38.9 Å². The fourth-order valence-electron chi connectivity index (χ4n) is 4.83. The Labute approximate surface area is 426 Å². The molecule has 0 radical (unpaired) electrons. The third-order valence-corrected chi connectivity index (χ3v) is 12.9.